The molecule has 16 heavy (non-hydrogen) atoms. The summed E-state index contributed by atoms with van der Waals surface area (Å²) >= 11 is 0. The van der Waals surface area contributed by atoms with Crippen molar-refractivity contribution in [2.75, 3.05) is 0 Å². The molecule has 0 radical (unpaired) electrons. The lowest BCUT2D eigenvalue weighted by molar-refractivity contribution is -0.115. The number of carbonyl (C=O) groups is 1. The zero-order valence-electron chi connectivity index (χ0n) is 10.2. The molecule has 0 aliphatic heterocycles. The van der Waals surface area contributed by atoms with E-state index in [4.69, 9.17) is 0 Å². The van der Waals surface area contributed by atoms with Gasteiger partial charge < -0.3 is 0 Å². The average Bonchev–Trinajstić information content (AvgIpc) is 2.81. The van der Waals surface area contributed by atoms with E-state index in [1.165, 1.54) is 32.1 Å². The van der Waals surface area contributed by atoms with Crippen LogP contribution in [0.15, 0.2) is 36.5 Å². The minimum Gasteiger partial charge on any atom is -0.294 e. The van der Waals surface area contributed by atoms with Crippen molar-refractivity contribution < 1.29 is 4.79 Å². The SMILES string of the molecule is CCCCCCCC=CC(=O)C1C=CC=C1. The fourth-order valence-electron chi connectivity index (χ4n) is 1.80. The quantitative estimate of drug-likeness (QED) is 0.440. The molecule has 0 amide bonds. The van der Waals surface area contributed by atoms with Crippen LogP contribution in [0.2, 0.25) is 0 Å². The molecule has 0 aromatic heterocycles. The van der Waals surface area contributed by atoms with Gasteiger partial charge in [-0.1, -0.05) is 63.0 Å². The Morgan fingerprint density at radius 3 is 2.50 bits per heavy atom. The van der Waals surface area contributed by atoms with Gasteiger partial charge in [0.05, 0.1) is 5.92 Å². The monoisotopic (exact) mass is 218 g/mol. The standard InChI is InChI=1S/C15H22O/c1-2-3-4-5-6-7-8-13-15(16)14-11-9-10-12-14/h8-14H,2-7H2,1H3. The Balaban J connectivity index is 2.05. The van der Waals surface area contributed by atoms with Gasteiger partial charge in [0.1, 0.15) is 0 Å². The van der Waals surface area contributed by atoms with E-state index in [2.05, 4.69) is 6.92 Å². The van der Waals surface area contributed by atoms with Crippen molar-refractivity contribution in [1.82, 2.24) is 0 Å². The molecule has 0 N–H and O–H groups in total. The number of carbonyl (C=O) groups excluding carboxylic acids is 1. The Labute approximate surface area is 98.9 Å². The highest BCUT2D eigenvalue weighted by Gasteiger charge is 2.09. The Hall–Kier alpha value is -1.11. The highest BCUT2D eigenvalue weighted by Crippen LogP contribution is 2.11. The van der Waals surface area contributed by atoms with E-state index in [0.29, 0.717) is 0 Å². The van der Waals surface area contributed by atoms with Crippen LogP contribution in [0.4, 0.5) is 0 Å². The largest absolute Gasteiger partial charge is 0.294 e. The van der Waals surface area contributed by atoms with Gasteiger partial charge in [-0.05, 0) is 18.9 Å². The first-order chi connectivity index (χ1) is 7.84. The maximum Gasteiger partial charge on any atom is 0.165 e. The lowest BCUT2D eigenvalue weighted by Crippen LogP contribution is -2.03. The molecule has 0 unspecified atom stereocenters. The summed E-state index contributed by atoms with van der Waals surface area (Å²) in [7, 11) is 0. The van der Waals surface area contributed by atoms with Crippen LogP contribution in [0.5, 0.6) is 0 Å². The molecule has 0 aromatic carbocycles. The highest BCUT2D eigenvalue weighted by atomic mass is 16.1. The summed E-state index contributed by atoms with van der Waals surface area (Å²) in [6, 6.07) is 0. The Kier molecular flexibility index (Phi) is 6.55. The lowest BCUT2D eigenvalue weighted by Gasteiger charge is -1.98. The van der Waals surface area contributed by atoms with Crippen molar-refractivity contribution in [1.29, 1.82) is 0 Å². The molecule has 1 rings (SSSR count). The maximum atomic E-state index is 11.6. The summed E-state index contributed by atoms with van der Waals surface area (Å²) in [5.74, 6) is 0.204. The second kappa shape index (κ2) is 8.09. The number of hydrogen-bond acceptors (Lipinski definition) is 1. The van der Waals surface area contributed by atoms with Crippen molar-refractivity contribution in [2.24, 2.45) is 5.92 Å². The number of hydrogen-bond donors (Lipinski definition) is 0. The van der Waals surface area contributed by atoms with E-state index in [1.807, 2.05) is 30.4 Å². The van der Waals surface area contributed by atoms with E-state index >= 15 is 0 Å². The maximum absolute atomic E-state index is 11.6. The van der Waals surface area contributed by atoms with Gasteiger partial charge in [-0.15, -0.1) is 0 Å². The van der Waals surface area contributed by atoms with Crippen LogP contribution in [0.25, 0.3) is 0 Å². The molecular weight excluding hydrogens is 196 g/mol. The first kappa shape index (κ1) is 13.0. The van der Waals surface area contributed by atoms with Crippen molar-refractivity contribution in [2.45, 2.75) is 45.4 Å². The number of allylic oxidation sites excluding steroid dienone is 6. The van der Waals surface area contributed by atoms with Crippen LogP contribution in [0, 0.1) is 5.92 Å². The molecule has 0 atom stereocenters. The summed E-state index contributed by atoms with van der Waals surface area (Å²) in [5, 5.41) is 0. The van der Waals surface area contributed by atoms with Crippen LogP contribution in [-0.4, -0.2) is 5.78 Å². The van der Waals surface area contributed by atoms with E-state index < -0.39 is 0 Å². The van der Waals surface area contributed by atoms with Gasteiger partial charge in [-0.25, -0.2) is 0 Å². The molecule has 1 aliphatic carbocycles. The fourth-order valence-corrected chi connectivity index (χ4v) is 1.80. The first-order valence-corrected chi connectivity index (χ1v) is 6.40. The number of unbranched alkanes of at least 4 members (excludes halogenated alkanes) is 5. The normalized spacial score (nSPS) is 15.3. The summed E-state index contributed by atoms with van der Waals surface area (Å²) in [6.45, 7) is 2.22. The molecule has 0 fully saturated rings. The van der Waals surface area contributed by atoms with Crippen LogP contribution in [0.3, 0.4) is 0 Å². The predicted octanol–water partition coefficient (Wildman–Crippen LogP) is 4.21. The Morgan fingerprint density at radius 2 is 1.81 bits per heavy atom. The minimum absolute atomic E-state index is 0.00339. The van der Waals surface area contributed by atoms with E-state index in [1.54, 1.807) is 6.08 Å². The summed E-state index contributed by atoms with van der Waals surface area (Å²) in [6.07, 6.45) is 19.0. The van der Waals surface area contributed by atoms with Crippen LogP contribution >= 0.6 is 0 Å². The molecule has 0 saturated carbocycles. The molecule has 0 aromatic rings. The van der Waals surface area contributed by atoms with Crippen molar-refractivity contribution in [3.05, 3.63) is 36.5 Å². The van der Waals surface area contributed by atoms with Crippen molar-refractivity contribution >= 4 is 5.78 Å². The summed E-state index contributed by atoms with van der Waals surface area (Å²) in [4.78, 5) is 11.6. The van der Waals surface area contributed by atoms with Gasteiger partial charge in [0, 0.05) is 0 Å². The van der Waals surface area contributed by atoms with Gasteiger partial charge >= 0.3 is 0 Å². The van der Waals surface area contributed by atoms with Crippen LogP contribution in [-0.2, 0) is 4.79 Å². The first-order valence-electron chi connectivity index (χ1n) is 6.40. The molecule has 0 saturated heterocycles. The molecule has 1 nitrogen and oxygen atoms in total. The predicted molar refractivity (Wildman–Crippen MR) is 69.3 cm³/mol. The summed E-state index contributed by atoms with van der Waals surface area (Å²) < 4.78 is 0. The third kappa shape index (κ3) is 5.11. The third-order valence-corrected chi connectivity index (χ3v) is 2.83. The van der Waals surface area contributed by atoms with Gasteiger partial charge in [0.15, 0.2) is 5.78 Å². The number of rotatable bonds is 8. The van der Waals surface area contributed by atoms with Gasteiger partial charge in [0.25, 0.3) is 0 Å². The van der Waals surface area contributed by atoms with Gasteiger partial charge in [0.2, 0.25) is 0 Å². The third-order valence-electron chi connectivity index (χ3n) is 2.83. The lowest BCUT2D eigenvalue weighted by atomic mass is 10.1. The zero-order chi connectivity index (χ0) is 11.6. The van der Waals surface area contributed by atoms with E-state index in [-0.39, 0.29) is 11.7 Å². The second-order valence-electron chi connectivity index (χ2n) is 4.30. The highest BCUT2D eigenvalue weighted by molar-refractivity contribution is 5.94. The van der Waals surface area contributed by atoms with Crippen molar-refractivity contribution in [3.8, 4) is 0 Å². The Bertz CT molecular complexity index is 272. The summed E-state index contributed by atoms with van der Waals surface area (Å²) in [5.41, 5.74) is 0. The number of ketones is 1. The van der Waals surface area contributed by atoms with E-state index in [9.17, 15) is 4.79 Å². The smallest absolute Gasteiger partial charge is 0.165 e. The average molecular weight is 218 g/mol. The minimum atomic E-state index is -0.00339. The topological polar surface area (TPSA) is 17.1 Å². The molecule has 0 spiro atoms. The zero-order valence-corrected chi connectivity index (χ0v) is 10.2. The molecule has 1 heteroatoms. The fraction of sp³-hybridized carbons (Fsp3) is 0.533. The molecule has 1 aliphatic rings. The van der Waals surface area contributed by atoms with Crippen LogP contribution in [0.1, 0.15) is 45.4 Å². The van der Waals surface area contributed by atoms with E-state index in [0.717, 1.165) is 6.42 Å². The Morgan fingerprint density at radius 1 is 1.12 bits per heavy atom. The second-order valence-corrected chi connectivity index (χ2v) is 4.30. The molecular formula is C15H22O. The van der Waals surface area contributed by atoms with Gasteiger partial charge in [-0.3, -0.25) is 4.79 Å². The van der Waals surface area contributed by atoms with Crippen LogP contribution < -0.4 is 0 Å². The molecule has 0 bridgehead atoms. The molecule has 88 valence electrons. The van der Waals surface area contributed by atoms with Gasteiger partial charge in [-0.2, -0.15) is 0 Å². The molecule has 0 heterocycles. The van der Waals surface area contributed by atoms with Crippen molar-refractivity contribution in [3.63, 3.8) is 0 Å².